The highest BCUT2D eigenvalue weighted by atomic mass is 32.1. The summed E-state index contributed by atoms with van der Waals surface area (Å²) in [5, 5.41) is 3.77. The van der Waals surface area contributed by atoms with E-state index in [1.165, 1.54) is 10.4 Å². The molecule has 26 heavy (non-hydrogen) atoms. The number of ether oxygens (including phenoxy) is 1. The van der Waals surface area contributed by atoms with E-state index in [4.69, 9.17) is 4.74 Å². The molecule has 0 spiro atoms. The van der Waals surface area contributed by atoms with E-state index in [1.54, 1.807) is 23.5 Å². The van der Waals surface area contributed by atoms with Crippen molar-refractivity contribution in [2.75, 3.05) is 5.32 Å². The van der Waals surface area contributed by atoms with Gasteiger partial charge in [-0.1, -0.05) is 42.5 Å². The zero-order valence-electron chi connectivity index (χ0n) is 14.9. The molecular weight excluding hydrogens is 342 g/mol. The van der Waals surface area contributed by atoms with Gasteiger partial charge >= 0.3 is 0 Å². The minimum atomic E-state index is -0.137. The Morgan fingerprint density at radius 1 is 1.08 bits per heavy atom. The molecule has 3 aromatic rings. The van der Waals surface area contributed by atoms with Crippen molar-refractivity contribution in [3.63, 3.8) is 0 Å². The molecule has 1 amide bonds. The molecule has 0 aliphatic rings. The Balaban J connectivity index is 1.58. The molecule has 0 radical (unpaired) electrons. The van der Waals surface area contributed by atoms with Crippen molar-refractivity contribution in [1.82, 2.24) is 0 Å². The number of hydrogen-bond donors (Lipinski definition) is 1. The number of thiophene rings is 1. The summed E-state index contributed by atoms with van der Waals surface area (Å²) in [5.41, 5.74) is 3.23. The molecule has 0 unspecified atom stereocenters. The third-order valence-corrected chi connectivity index (χ3v) is 5.01. The molecule has 1 N–H and O–H groups in total. The average molecular weight is 363 g/mol. The van der Waals surface area contributed by atoms with Gasteiger partial charge in [0.1, 0.15) is 12.4 Å². The van der Waals surface area contributed by atoms with Crippen LogP contribution in [0.4, 0.5) is 5.00 Å². The number of hydrogen-bond acceptors (Lipinski definition) is 3. The number of carbonyl (C=O) groups is 1. The first-order valence-electron chi connectivity index (χ1n) is 8.43. The molecular formula is C22H21NO2S. The van der Waals surface area contributed by atoms with Gasteiger partial charge in [-0.2, -0.15) is 0 Å². The molecule has 0 aliphatic heterocycles. The molecule has 1 aromatic heterocycles. The van der Waals surface area contributed by atoms with Crippen molar-refractivity contribution in [2.24, 2.45) is 0 Å². The lowest BCUT2D eigenvalue weighted by Crippen LogP contribution is -2.06. The summed E-state index contributed by atoms with van der Waals surface area (Å²) in [6.07, 6.45) is 3.33. The van der Waals surface area contributed by atoms with Gasteiger partial charge in [0, 0.05) is 11.0 Å². The van der Waals surface area contributed by atoms with E-state index in [1.807, 2.05) is 74.5 Å². The smallest absolute Gasteiger partial charge is 0.248 e. The summed E-state index contributed by atoms with van der Waals surface area (Å²) >= 11 is 1.59. The van der Waals surface area contributed by atoms with Crippen LogP contribution in [0.2, 0.25) is 0 Å². The molecule has 0 atom stereocenters. The van der Waals surface area contributed by atoms with Crippen LogP contribution < -0.4 is 10.1 Å². The van der Waals surface area contributed by atoms with E-state index in [2.05, 4.69) is 5.32 Å². The van der Waals surface area contributed by atoms with E-state index >= 15 is 0 Å². The van der Waals surface area contributed by atoms with Gasteiger partial charge in [-0.15, -0.1) is 11.3 Å². The summed E-state index contributed by atoms with van der Waals surface area (Å²) < 4.78 is 5.82. The number of anilines is 1. The van der Waals surface area contributed by atoms with E-state index in [-0.39, 0.29) is 5.91 Å². The van der Waals surface area contributed by atoms with Crippen molar-refractivity contribution in [2.45, 2.75) is 20.5 Å². The predicted octanol–water partition coefficient (Wildman–Crippen LogP) is 5.60. The van der Waals surface area contributed by atoms with Gasteiger partial charge in [0.15, 0.2) is 0 Å². The second-order valence-corrected chi connectivity index (χ2v) is 7.28. The molecule has 132 valence electrons. The molecule has 3 nitrogen and oxygen atoms in total. The fourth-order valence-electron chi connectivity index (χ4n) is 2.42. The van der Waals surface area contributed by atoms with Crippen LogP contribution in [0.15, 0.2) is 66.7 Å². The summed E-state index contributed by atoms with van der Waals surface area (Å²) in [4.78, 5) is 13.3. The molecule has 1 heterocycles. The number of amides is 1. The number of nitrogens with one attached hydrogen (secondary N) is 1. The van der Waals surface area contributed by atoms with Gasteiger partial charge in [-0.3, -0.25) is 4.79 Å². The van der Waals surface area contributed by atoms with Crippen LogP contribution in [0, 0.1) is 13.8 Å². The van der Waals surface area contributed by atoms with E-state index in [0.717, 1.165) is 21.9 Å². The zero-order chi connectivity index (χ0) is 18.4. The van der Waals surface area contributed by atoms with Crippen molar-refractivity contribution >= 4 is 28.3 Å². The summed E-state index contributed by atoms with van der Waals surface area (Å²) in [7, 11) is 0. The van der Waals surface area contributed by atoms with Crippen molar-refractivity contribution in [1.29, 1.82) is 0 Å². The highest BCUT2D eigenvalue weighted by Gasteiger charge is 2.04. The molecule has 3 rings (SSSR count). The second kappa shape index (κ2) is 8.50. The number of aryl methyl sites for hydroxylation is 2. The lowest BCUT2D eigenvalue weighted by atomic mass is 10.2. The molecule has 0 saturated carbocycles. The van der Waals surface area contributed by atoms with Crippen LogP contribution in [0.1, 0.15) is 21.6 Å². The second-order valence-electron chi connectivity index (χ2n) is 6.02. The molecule has 0 saturated heterocycles. The number of benzene rings is 2. The maximum atomic E-state index is 12.1. The van der Waals surface area contributed by atoms with Gasteiger partial charge < -0.3 is 10.1 Å². The predicted molar refractivity (Wildman–Crippen MR) is 109 cm³/mol. The van der Waals surface area contributed by atoms with E-state index in [0.29, 0.717) is 6.61 Å². The van der Waals surface area contributed by atoms with Gasteiger partial charge in [0.25, 0.3) is 0 Å². The Morgan fingerprint density at radius 3 is 2.62 bits per heavy atom. The summed E-state index contributed by atoms with van der Waals surface area (Å²) in [6, 6.07) is 19.7. The van der Waals surface area contributed by atoms with Crippen LogP contribution in [0.5, 0.6) is 5.75 Å². The third kappa shape index (κ3) is 5.07. The van der Waals surface area contributed by atoms with Crippen LogP contribution in [0.3, 0.4) is 0 Å². The lowest BCUT2D eigenvalue weighted by molar-refractivity contribution is -0.111. The van der Waals surface area contributed by atoms with Gasteiger partial charge in [0.05, 0.1) is 5.00 Å². The normalized spacial score (nSPS) is 10.8. The van der Waals surface area contributed by atoms with Crippen molar-refractivity contribution in [3.05, 3.63) is 88.3 Å². The average Bonchev–Trinajstić information content (AvgIpc) is 2.96. The highest BCUT2D eigenvalue weighted by molar-refractivity contribution is 7.16. The van der Waals surface area contributed by atoms with Gasteiger partial charge in [0.2, 0.25) is 5.91 Å². The quantitative estimate of drug-likeness (QED) is 0.579. The van der Waals surface area contributed by atoms with Gasteiger partial charge in [-0.25, -0.2) is 0 Å². The Bertz CT molecular complexity index is 893. The molecule has 2 aromatic carbocycles. The topological polar surface area (TPSA) is 38.3 Å². The summed E-state index contributed by atoms with van der Waals surface area (Å²) in [6.45, 7) is 4.61. The largest absolute Gasteiger partial charge is 0.489 e. The molecule has 0 fully saturated rings. The molecule has 0 aliphatic carbocycles. The Kier molecular flexibility index (Phi) is 5.87. The zero-order valence-corrected chi connectivity index (χ0v) is 15.7. The molecule has 0 bridgehead atoms. The highest BCUT2D eigenvalue weighted by Crippen LogP contribution is 2.25. The Hall–Kier alpha value is -2.85. The fraction of sp³-hybridized carbons (Fsp3) is 0.136. The minimum absolute atomic E-state index is 0.137. The minimum Gasteiger partial charge on any atom is -0.489 e. The first kappa shape index (κ1) is 18.0. The van der Waals surface area contributed by atoms with Crippen LogP contribution in [0.25, 0.3) is 6.08 Å². The number of carbonyl (C=O) groups excluding carboxylic acids is 1. The van der Waals surface area contributed by atoms with Crippen molar-refractivity contribution < 1.29 is 9.53 Å². The van der Waals surface area contributed by atoms with E-state index in [9.17, 15) is 4.79 Å². The monoisotopic (exact) mass is 363 g/mol. The van der Waals surface area contributed by atoms with Crippen LogP contribution >= 0.6 is 11.3 Å². The van der Waals surface area contributed by atoms with E-state index < -0.39 is 0 Å². The van der Waals surface area contributed by atoms with Gasteiger partial charge in [-0.05, 0) is 54.8 Å². The van der Waals surface area contributed by atoms with Crippen molar-refractivity contribution in [3.8, 4) is 5.75 Å². The maximum Gasteiger partial charge on any atom is 0.248 e. The maximum absolute atomic E-state index is 12.1. The van der Waals surface area contributed by atoms with Crippen LogP contribution in [-0.4, -0.2) is 5.91 Å². The van der Waals surface area contributed by atoms with Crippen LogP contribution in [-0.2, 0) is 11.4 Å². The Labute approximate surface area is 158 Å². The Morgan fingerprint density at radius 2 is 1.88 bits per heavy atom. The first-order valence-corrected chi connectivity index (χ1v) is 9.25. The molecule has 4 heteroatoms. The first-order chi connectivity index (χ1) is 12.6. The summed E-state index contributed by atoms with van der Waals surface area (Å²) in [5.74, 6) is 0.641. The SMILES string of the molecule is Cc1cc(NC(=O)/C=C/c2cccc(OCc3ccccc3)c2)sc1C. The fourth-order valence-corrected chi connectivity index (χ4v) is 3.36. The standard InChI is InChI=1S/C22H21NO2S/c1-16-13-22(26-17(16)2)23-21(24)12-11-18-9-6-10-20(14-18)25-15-19-7-4-3-5-8-19/h3-14H,15H2,1-2H3,(H,23,24)/b12-11+. The third-order valence-electron chi connectivity index (χ3n) is 3.95. The number of rotatable bonds is 6. The lowest BCUT2D eigenvalue weighted by Gasteiger charge is -2.07.